The Bertz CT molecular complexity index is 455. The van der Waals surface area contributed by atoms with Gasteiger partial charge in [-0.25, -0.2) is 0 Å². The Kier molecular flexibility index (Phi) is 1.84. The van der Waals surface area contributed by atoms with Crippen LogP contribution in [0.5, 0.6) is 11.5 Å². The largest absolute Gasteiger partial charge is 0.507 e. The lowest BCUT2D eigenvalue weighted by molar-refractivity contribution is 0.462. The van der Waals surface area contributed by atoms with E-state index in [-0.39, 0.29) is 11.5 Å². The summed E-state index contributed by atoms with van der Waals surface area (Å²) in [6.07, 6.45) is 0. The third-order valence-electron chi connectivity index (χ3n) is 2.71. The van der Waals surface area contributed by atoms with Gasteiger partial charge in [0, 0.05) is 10.8 Å². The van der Waals surface area contributed by atoms with Gasteiger partial charge < -0.3 is 10.2 Å². The lowest BCUT2D eigenvalue weighted by atomic mass is 10.00. The molecule has 2 N–H and O–H groups in total. The Balaban J connectivity index is 3.02. The van der Waals surface area contributed by atoms with E-state index in [0.29, 0.717) is 10.8 Å². The van der Waals surface area contributed by atoms with Crippen LogP contribution in [0, 0.1) is 13.8 Å². The average Bonchev–Trinajstić information content (AvgIpc) is 2.23. The molecule has 0 fully saturated rings. The summed E-state index contributed by atoms with van der Waals surface area (Å²) in [4.78, 5) is 0. The Hall–Kier alpha value is -1.70. The van der Waals surface area contributed by atoms with Crippen molar-refractivity contribution < 1.29 is 10.2 Å². The van der Waals surface area contributed by atoms with Crippen molar-refractivity contribution in [3.63, 3.8) is 0 Å². The molecule has 0 bridgehead atoms. The second-order valence-corrected chi connectivity index (χ2v) is 3.49. The van der Waals surface area contributed by atoms with Crippen LogP contribution in [0.4, 0.5) is 0 Å². The van der Waals surface area contributed by atoms with Crippen molar-refractivity contribution in [1.82, 2.24) is 0 Å². The summed E-state index contributed by atoms with van der Waals surface area (Å²) >= 11 is 0. The summed E-state index contributed by atoms with van der Waals surface area (Å²) < 4.78 is 0. The van der Waals surface area contributed by atoms with Gasteiger partial charge in [-0.05, 0) is 25.0 Å². The van der Waals surface area contributed by atoms with Gasteiger partial charge in [0.25, 0.3) is 0 Å². The molecular weight excluding hydrogens is 176 g/mol. The van der Waals surface area contributed by atoms with E-state index in [1.807, 2.05) is 12.1 Å². The highest BCUT2D eigenvalue weighted by atomic mass is 16.3. The molecule has 0 aliphatic rings. The van der Waals surface area contributed by atoms with Crippen LogP contribution in [0.25, 0.3) is 10.8 Å². The van der Waals surface area contributed by atoms with Gasteiger partial charge in [-0.1, -0.05) is 24.3 Å². The fraction of sp³-hybridized carbons (Fsp3) is 0.167. The predicted molar refractivity (Wildman–Crippen MR) is 56.8 cm³/mol. The van der Waals surface area contributed by atoms with Crippen molar-refractivity contribution in [2.75, 3.05) is 0 Å². The van der Waals surface area contributed by atoms with Crippen LogP contribution in [0.1, 0.15) is 11.1 Å². The lowest BCUT2D eigenvalue weighted by Gasteiger charge is -2.10. The number of fused-ring (bicyclic) bond motifs is 1. The van der Waals surface area contributed by atoms with E-state index < -0.39 is 0 Å². The van der Waals surface area contributed by atoms with Crippen molar-refractivity contribution in [3.05, 3.63) is 35.4 Å². The molecule has 0 radical (unpaired) electrons. The molecule has 0 saturated heterocycles. The maximum Gasteiger partial charge on any atom is 0.126 e. The summed E-state index contributed by atoms with van der Waals surface area (Å²) in [6.45, 7) is 3.60. The summed E-state index contributed by atoms with van der Waals surface area (Å²) in [5.74, 6) is 0.520. The fourth-order valence-corrected chi connectivity index (χ4v) is 1.66. The Morgan fingerprint density at radius 2 is 1.14 bits per heavy atom. The zero-order valence-electron chi connectivity index (χ0n) is 8.20. The van der Waals surface area contributed by atoms with Gasteiger partial charge in [-0.15, -0.1) is 0 Å². The standard InChI is InChI=1S/C12H12O2/c1-7-8(2)12(14)10-6-4-3-5-9(10)11(7)13/h3-6,13-14H,1-2H3. The highest BCUT2D eigenvalue weighted by Gasteiger charge is 2.11. The van der Waals surface area contributed by atoms with E-state index in [1.54, 1.807) is 26.0 Å². The normalized spacial score (nSPS) is 10.7. The zero-order valence-corrected chi connectivity index (χ0v) is 8.20. The third kappa shape index (κ3) is 1.04. The summed E-state index contributed by atoms with van der Waals surface area (Å²) in [6, 6.07) is 7.29. The number of phenols is 2. The summed E-state index contributed by atoms with van der Waals surface area (Å²) in [5, 5.41) is 21.1. The third-order valence-corrected chi connectivity index (χ3v) is 2.71. The Morgan fingerprint density at radius 3 is 1.50 bits per heavy atom. The van der Waals surface area contributed by atoms with E-state index in [9.17, 15) is 10.2 Å². The number of rotatable bonds is 0. The number of hydrogen-bond donors (Lipinski definition) is 2. The molecule has 72 valence electrons. The van der Waals surface area contributed by atoms with E-state index in [2.05, 4.69) is 0 Å². The van der Waals surface area contributed by atoms with Gasteiger partial charge in [0.2, 0.25) is 0 Å². The molecule has 0 aromatic heterocycles. The van der Waals surface area contributed by atoms with Gasteiger partial charge in [0.05, 0.1) is 0 Å². The van der Waals surface area contributed by atoms with Gasteiger partial charge in [-0.2, -0.15) is 0 Å². The first-order chi connectivity index (χ1) is 6.63. The molecule has 14 heavy (non-hydrogen) atoms. The van der Waals surface area contributed by atoms with Gasteiger partial charge in [0.1, 0.15) is 11.5 Å². The first-order valence-electron chi connectivity index (χ1n) is 4.52. The molecule has 2 rings (SSSR count). The number of hydrogen-bond acceptors (Lipinski definition) is 2. The quantitative estimate of drug-likeness (QED) is 0.624. The number of benzene rings is 2. The molecule has 0 unspecified atom stereocenters. The smallest absolute Gasteiger partial charge is 0.126 e. The minimum atomic E-state index is 0.260. The number of phenolic OH excluding ortho intramolecular Hbond substituents is 2. The van der Waals surface area contributed by atoms with E-state index in [0.717, 1.165) is 11.1 Å². The van der Waals surface area contributed by atoms with Gasteiger partial charge in [-0.3, -0.25) is 0 Å². The highest BCUT2D eigenvalue weighted by molar-refractivity contribution is 5.95. The highest BCUT2D eigenvalue weighted by Crippen LogP contribution is 2.38. The summed E-state index contributed by atoms with van der Waals surface area (Å²) in [7, 11) is 0. The number of aromatic hydroxyl groups is 2. The van der Waals surface area contributed by atoms with Crippen LogP contribution in [-0.4, -0.2) is 10.2 Å². The lowest BCUT2D eigenvalue weighted by Crippen LogP contribution is -1.86. The molecule has 2 nitrogen and oxygen atoms in total. The van der Waals surface area contributed by atoms with Crippen LogP contribution in [0.2, 0.25) is 0 Å². The Morgan fingerprint density at radius 1 is 0.786 bits per heavy atom. The SMILES string of the molecule is Cc1c(C)c(O)c2ccccc2c1O. The van der Waals surface area contributed by atoms with Crippen LogP contribution in [-0.2, 0) is 0 Å². The average molecular weight is 188 g/mol. The van der Waals surface area contributed by atoms with E-state index in [1.165, 1.54) is 0 Å². The van der Waals surface area contributed by atoms with Crippen molar-refractivity contribution in [2.24, 2.45) is 0 Å². The molecule has 0 atom stereocenters. The Labute approximate surface area is 82.4 Å². The molecule has 2 aromatic carbocycles. The van der Waals surface area contributed by atoms with Crippen LogP contribution < -0.4 is 0 Å². The van der Waals surface area contributed by atoms with Crippen molar-refractivity contribution >= 4 is 10.8 Å². The molecular formula is C12H12O2. The monoisotopic (exact) mass is 188 g/mol. The van der Waals surface area contributed by atoms with Gasteiger partial charge >= 0.3 is 0 Å². The summed E-state index contributed by atoms with van der Waals surface area (Å²) in [5.41, 5.74) is 1.47. The van der Waals surface area contributed by atoms with E-state index >= 15 is 0 Å². The molecule has 0 heterocycles. The second-order valence-electron chi connectivity index (χ2n) is 3.49. The molecule has 0 amide bonds. The van der Waals surface area contributed by atoms with E-state index in [4.69, 9.17) is 0 Å². The molecule has 0 spiro atoms. The van der Waals surface area contributed by atoms with Gasteiger partial charge in [0.15, 0.2) is 0 Å². The fourth-order valence-electron chi connectivity index (χ4n) is 1.66. The van der Waals surface area contributed by atoms with Crippen molar-refractivity contribution in [3.8, 4) is 11.5 Å². The van der Waals surface area contributed by atoms with Crippen molar-refractivity contribution in [2.45, 2.75) is 13.8 Å². The molecule has 2 heteroatoms. The first-order valence-corrected chi connectivity index (χ1v) is 4.52. The van der Waals surface area contributed by atoms with Crippen LogP contribution >= 0.6 is 0 Å². The van der Waals surface area contributed by atoms with Crippen LogP contribution in [0.15, 0.2) is 24.3 Å². The topological polar surface area (TPSA) is 40.5 Å². The zero-order chi connectivity index (χ0) is 10.3. The molecule has 0 aliphatic heterocycles. The first kappa shape index (κ1) is 8.88. The molecule has 2 aromatic rings. The van der Waals surface area contributed by atoms with Crippen molar-refractivity contribution in [1.29, 1.82) is 0 Å². The maximum absolute atomic E-state index is 9.85. The predicted octanol–water partition coefficient (Wildman–Crippen LogP) is 2.87. The molecule has 0 saturated carbocycles. The van der Waals surface area contributed by atoms with Crippen LogP contribution in [0.3, 0.4) is 0 Å². The minimum Gasteiger partial charge on any atom is -0.507 e. The minimum absolute atomic E-state index is 0.260. The molecule has 0 aliphatic carbocycles. The maximum atomic E-state index is 9.85. The second kappa shape index (κ2) is 2.91.